The van der Waals surface area contributed by atoms with E-state index in [4.69, 9.17) is 4.98 Å². The van der Waals surface area contributed by atoms with E-state index in [0.29, 0.717) is 12.0 Å². The first-order chi connectivity index (χ1) is 8.26. The molecule has 0 amide bonds. The molecule has 1 aliphatic rings. The molecule has 2 rings (SSSR count). The number of aromatic nitrogens is 1. The maximum absolute atomic E-state index is 4.88. The highest BCUT2D eigenvalue weighted by Gasteiger charge is 2.23. The van der Waals surface area contributed by atoms with Crippen LogP contribution in [0.25, 0.3) is 0 Å². The summed E-state index contributed by atoms with van der Waals surface area (Å²) in [5, 5.41) is 4.78. The largest absolute Gasteiger partial charge is 0.311 e. The molecule has 0 saturated carbocycles. The maximum atomic E-state index is 4.88. The first-order valence-corrected chi connectivity index (χ1v) is 7.73. The van der Waals surface area contributed by atoms with Gasteiger partial charge in [0.25, 0.3) is 0 Å². The molecule has 2 unspecified atom stereocenters. The molecular weight excluding hydrogens is 228 g/mol. The fraction of sp³-hybridized carbons (Fsp3) is 0.786. The number of hydrogen-bond donors (Lipinski definition) is 1. The van der Waals surface area contributed by atoms with Gasteiger partial charge in [0.2, 0.25) is 0 Å². The van der Waals surface area contributed by atoms with Crippen LogP contribution in [0.1, 0.15) is 61.2 Å². The molecule has 2 atom stereocenters. The van der Waals surface area contributed by atoms with Crippen molar-refractivity contribution >= 4 is 11.3 Å². The Labute approximate surface area is 109 Å². The summed E-state index contributed by atoms with van der Waals surface area (Å²) in [5.41, 5.74) is 1.39. The van der Waals surface area contributed by atoms with Crippen LogP contribution in [0.2, 0.25) is 0 Å². The first kappa shape index (κ1) is 13.0. The Kier molecular flexibility index (Phi) is 4.57. The topological polar surface area (TPSA) is 24.9 Å². The lowest BCUT2D eigenvalue weighted by atomic mass is 9.97. The SMILES string of the molecule is CCCC(C)C(NC)c1nc2c(s1)CCCC2. The molecule has 2 nitrogen and oxygen atoms in total. The number of hydrogen-bond acceptors (Lipinski definition) is 3. The van der Waals surface area contributed by atoms with E-state index in [1.165, 1.54) is 49.2 Å². The number of nitrogens with one attached hydrogen (secondary N) is 1. The van der Waals surface area contributed by atoms with E-state index < -0.39 is 0 Å². The summed E-state index contributed by atoms with van der Waals surface area (Å²) in [4.78, 5) is 6.43. The molecule has 1 aromatic rings. The number of rotatable bonds is 5. The minimum atomic E-state index is 0.450. The van der Waals surface area contributed by atoms with Gasteiger partial charge in [-0.15, -0.1) is 11.3 Å². The molecular formula is C14H24N2S. The molecule has 0 radical (unpaired) electrons. The molecule has 0 aliphatic heterocycles. The highest BCUT2D eigenvalue weighted by molar-refractivity contribution is 7.11. The molecule has 1 heterocycles. The third-order valence-corrected chi connectivity index (χ3v) is 4.99. The summed E-state index contributed by atoms with van der Waals surface area (Å²) in [6.07, 6.45) is 7.66. The Hall–Kier alpha value is -0.410. The van der Waals surface area contributed by atoms with Gasteiger partial charge in [-0.3, -0.25) is 0 Å². The van der Waals surface area contributed by atoms with E-state index >= 15 is 0 Å². The number of thiazole rings is 1. The van der Waals surface area contributed by atoms with Crippen LogP contribution in [-0.2, 0) is 12.8 Å². The molecule has 0 saturated heterocycles. The highest BCUT2D eigenvalue weighted by atomic mass is 32.1. The van der Waals surface area contributed by atoms with E-state index in [9.17, 15) is 0 Å². The average Bonchev–Trinajstić information content (AvgIpc) is 2.73. The maximum Gasteiger partial charge on any atom is 0.110 e. The van der Waals surface area contributed by atoms with Crippen molar-refractivity contribution in [1.29, 1.82) is 0 Å². The summed E-state index contributed by atoms with van der Waals surface area (Å²) >= 11 is 1.95. The van der Waals surface area contributed by atoms with Gasteiger partial charge in [0, 0.05) is 4.88 Å². The smallest absolute Gasteiger partial charge is 0.110 e. The Balaban J connectivity index is 2.16. The van der Waals surface area contributed by atoms with Crippen LogP contribution in [0.4, 0.5) is 0 Å². The zero-order valence-electron chi connectivity index (χ0n) is 11.3. The van der Waals surface area contributed by atoms with Gasteiger partial charge in [-0.05, 0) is 45.1 Å². The molecule has 96 valence electrons. The third kappa shape index (κ3) is 2.89. The Bertz CT molecular complexity index is 336. The molecule has 0 aromatic carbocycles. The molecule has 1 aromatic heterocycles. The zero-order chi connectivity index (χ0) is 12.3. The second kappa shape index (κ2) is 5.96. The summed E-state index contributed by atoms with van der Waals surface area (Å²) in [6, 6.07) is 0.450. The van der Waals surface area contributed by atoms with Gasteiger partial charge in [0.1, 0.15) is 5.01 Å². The van der Waals surface area contributed by atoms with Gasteiger partial charge < -0.3 is 5.32 Å². The predicted molar refractivity (Wildman–Crippen MR) is 74.6 cm³/mol. The molecule has 1 N–H and O–H groups in total. The van der Waals surface area contributed by atoms with Gasteiger partial charge in [-0.2, -0.15) is 0 Å². The monoisotopic (exact) mass is 252 g/mol. The second-order valence-electron chi connectivity index (χ2n) is 5.16. The minimum absolute atomic E-state index is 0.450. The predicted octanol–water partition coefficient (Wildman–Crippen LogP) is 3.72. The molecule has 3 heteroatoms. The fourth-order valence-electron chi connectivity index (χ4n) is 2.78. The van der Waals surface area contributed by atoms with Crippen LogP contribution in [0.3, 0.4) is 0 Å². The van der Waals surface area contributed by atoms with Crippen LogP contribution < -0.4 is 5.32 Å². The van der Waals surface area contributed by atoms with Crippen LogP contribution in [-0.4, -0.2) is 12.0 Å². The lowest BCUT2D eigenvalue weighted by Crippen LogP contribution is -2.23. The Morgan fingerprint density at radius 3 is 2.76 bits per heavy atom. The van der Waals surface area contributed by atoms with Crippen LogP contribution in [0.5, 0.6) is 0 Å². The van der Waals surface area contributed by atoms with Crippen LogP contribution in [0.15, 0.2) is 0 Å². The van der Waals surface area contributed by atoms with Crippen molar-refractivity contribution in [3.05, 3.63) is 15.6 Å². The van der Waals surface area contributed by atoms with E-state index in [2.05, 4.69) is 26.2 Å². The van der Waals surface area contributed by atoms with Crippen molar-refractivity contribution in [3.63, 3.8) is 0 Å². The van der Waals surface area contributed by atoms with Gasteiger partial charge in [-0.1, -0.05) is 20.3 Å². The zero-order valence-corrected chi connectivity index (χ0v) is 12.1. The summed E-state index contributed by atoms with van der Waals surface area (Å²) in [6.45, 7) is 4.60. The van der Waals surface area contributed by atoms with Crippen molar-refractivity contribution in [1.82, 2.24) is 10.3 Å². The minimum Gasteiger partial charge on any atom is -0.311 e. The summed E-state index contributed by atoms with van der Waals surface area (Å²) in [5.74, 6) is 0.678. The van der Waals surface area contributed by atoms with Crippen molar-refractivity contribution in [3.8, 4) is 0 Å². The number of nitrogens with zero attached hydrogens (tertiary/aromatic N) is 1. The van der Waals surface area contributed by atoms with E-state index in [-0.39, 0.29) is 0 Å². The van der Waals surface area contributed by atoms with E-state index in [1.54, 1.807) is 4.88 Å². The first-order valence-electron chi connectivity index (χ1n) is 6.92. The number of fused-ring (bicyclic) bond motifs is 1. The van der Waals surface area contributed by atoms with Crippen LogP contribution in [0, 0.1) is 5.92 Å². The molecule has 17 heavy (non-hydrogen) atoms. The lowest BCUT2D eigenvalue weighted by Gasteiger charge is -2.20. The Morgan fingerprint density at radius 2 is 2.12 bits per heavy atom. The van der Waals surface area contributed by atoms with Crippen LogP contribution >= 0.6 is 11.3 Å². The van der Waals surface area contributed by atoms with Crippen molar-refractivity contribution in [2.45, 2.75) is 58.4 Å². The quantitative estimate of drug-likeness (QED) is 0.864. The molecule has 0 spiro atoms. The Morgan fingerprint density at radius 1 is 1.35 bits per heavy atom. The molecule has 1 aliphatic carbocycles. The van der Waals surface area contributed by atoms with Crippen molar-refractivity contribution in [2.75, 3.05) is 7.05 Å². The summed E-state index contributed by atoms with van der Waals surface area (Å²) < 4.78 is 0. The lowest BCUT2D eigenvalue weighted by molar-refractivity contribution is 0.382. The fourth-order valence-corrected chi connectivity index (χ4v) is 4.18. The number of aryl methyl sites for hydroxylation is 2. The van der Waals surface area contributed by atoms with Crippen molar-refractivity contribution < 1.29 is 0 Å². The highest BCUT2D eigenvalue weighted by Crippen LogP contribution is 2.33. The second-order valence-corrected chi connectivity index (χ2v) is 6.28. The molecule has 0 bridgehead atoms. The van der Waals surface area contributed by atoms with E-state index in [0.717, 1.165) is 0 Å². The molecule has 0 fully saturated rings. The van der Waals surface area contributed by atoms with Gasteiger partial charge >= 0.3 is 0 Å². The summed E-state index contributed by atoms with van der Waals surface area (Å²) in [7, 11) is 2.07. The normalized spacial score (nSPS) is 18.8. The standard InChI is InChI=1S/C14H24N2S/c1-4-7-10(2)13(15-3)14-16-11-8-5-6-9-12(11)17-14/h10,13,15H,4-9H2,1-3H3. The van der Waals surface area contributed by atoms with Gasteiger partial charge in [0.15, 0.2) is 0 Å². The average molecular weight is 252 g/mol. The third-order valence-electron chi connectivity index (χ3n) is 3.75. The van der Waals surface area contributed by atoms with Gasteiger partial charge in [-0.25, -0.2) is 4.98 Å². The van der Waals surface area contributed by atoms with Gasteiger partial charge in [0.05, 0.1) is 11.7 Å². The van der Waals surface area contributed by atoms with Crippen molar-refractivity contribution in [2.24, 2.45) is 5.92 Å². The van der Waals surface area contributed by atoms with E-state index in [1.807, 2.05) is 11.3 Å².